The monoisotopic (exact) mass is 412 g/mol. The Bertz CT molecular complexity index is 1020. The van der Waals surface area contributed by atoms with Crippen LogP contribution in [-0.2, 0) is 9.59 Å². The predicted octanol–water partition coefficient (Wildman–Crippen LogP) is 4.04. The smallest absolute Gasteiger partial charge is 0.307 e. The van der Waals surface area contributed by atoms with E-state index in [2.05, 4.69) is 5.32 Å². The van der Waals surface area contributed by atoms with Gasteiger partial charge in [0.05, 0.1) is 17.4 Å². The molecule has 29 heavy (non-hydrogen) atoms. The van der Waals surface area contributed by atoms with E-state index in [0.717, 1.165) is 21.6 Å². The molecule has 1 aromatic heterocycles. The SMILES string of the molecule is Cc1ccc(-c2c(C)sc(NC(=O)[C@@H]3CC=CC[C@@H]3C(=O)O)c2C(N)=O)cc1C. The zero-order chi connectivity index (χ0) is 21.3. The number of nitrogens with two attached hydrogens (primary N) is 1. The summed E-state index contributed by atoms with van der Waals surface area (Å²) in [5, 5.41) is 12.6. The molecular weight excluding hydrogens is 388 g/mol. The number of aliphatic carboxylic acids is 1. The molecule has 6 nitrogen and oxygen atoms in total. The summed E-state index contributed by atoms with van der Waals surface area (Å²) in [5.74, 6) is -3.50. The molecule has 7 heteroatoms. The fraction of sp³-hybridized carbons (Fsp3) is 0.318. The molecule has 0 aliphatic heterocycles. The van der Waals surface area contributed by atoms with E-state index in [1.165, 1.54) is 11.3 Å². The van der Waals surface area contributed by atoms with Gasteiger partial charge in [0.1, 0.15) is 5.00 Å². The van der Waals surface area contributed by atoms with Crippen LogP contribution in [0.2, 0.25) is 0 Å². The summed E-state index contributed by atoms with van der Waals surface area (Å²) < 4.78 is 0. The lowest BCUT2D eigenvalue weighted by Gasteiger charge is -2.24. The maximum absolute atomic E-state index is 12.9. The third kappa shape index (κ3) is 4.10. The van der Waals surface area contributed by atoms with Crippen LogP contribution in [0, 0.1) is 32.6 Å². The zero-order valence-electron chi connectivity index (χ0n) is 16.6. The molecule has 0 spiro atoms. The standard InChI is InChI=1S/C22H24N2O4S/c1-11-8-9-14(10-12(11)2)17-13(3)29-21(18(17)19(23)25)24-20(26)15-6-4-5-7-16(15)22(27)28/h4-5,8-10,15-16H,6-7H2,1-3H3,(H2,23,25)(H,24,26)(H,27,28)/t15-,16+/m1/s1. The lowest BCUT2D eigenvalue weighted by atomic mass is 9.82. The normalized spacial score (nSPS) is 18.4. The Morgan fingerprint density at radius 1 is 1.07 bits per heavy atom. The van der Waals surface area contributed by atoms with Gasteiger partial charge in [-0.25, -0.2) is 0 Å². The van der Waals surface area contributed by atoms with E-state index in [1.54, 1.807) is 6.08 Å². The van der Waals surface area contributed by atoms with Crippen molar-refractivity contribution in [3.8, 4) is 11.1 Å². The van der Waals surface area contributed by atoms with Crippen molar-refractivity contribution in [1.82, 2.24) is 0 Å². The van der Waals surface area contributed by atoms with Crippen LogP contribution in [0.3, 0.4) is 0 Å². The molecule has 2 amide bonds. The summed E-state index contributed by atoms with van der Waals surface area (Å²) in [7, 11) is 0. The highest BCUT2D eigenvalue weighted by Gasteiger charge is 2.35. The molecule has 0 saturated carbocycles. The maximum Gasteiger partial charge on any atom is 0.307 e. The van der Waals surface area contributed by atoms with Gasteiger partial charge in [0.2, 0.25) is 5.91 Å². The Kier molecular flexibility index (Phi) is 5.88. The fourth-order valence-electron chi connectivity index (χ4n) is 3.69. The number of hydrogen-bond acceptors (Lipinski definition) is 4. The molecule has 1 aromatic carbocycles. The fourth-order valence-corrected chi connectivity index (χ4v) is 4.78. The van der Waals surface area contributed by atoms with Crippen molar-refractivity contribution in [2.75, 3.05) is 5.32 Å². The molecule has 0 saturated heterocycles. The number of hydrogen-bond donors (Lipinski definition) is 3. The molecule has 4 N–H and O–H groups in total. The number of aryl methyl sites for hydroxylation is 3. The molecule has 0 fully saturated rings. The largest absolute Gasteiger partial charge is 0.481 e. The lowest BCUT2D eigenvalue weighted by molar-refractivity contribution is -0.146. The van der Waals surface area contributed by atoms with Crippen LogP contribution >= 0.6 is 11.3 Å². The Hall–Kier alpha value is -2.93. The Morgan fingerprint density at radius 2 is 1.72 bits per heavy atom. The number of primary amides is 1. The average molecular weight is 413 g/mol. The number of anilines is 1. The summed E-state index contributed by atoms with van der Waals surface area (Å²) in [6.07, 6.45) is 4.26. The first-order chi connectivity index (χ1) is 13.7. The first-order valence-corrected chi connectivity index (χ1v) is 10.2. The predicted molar refractivity (Wildman–Crippen MR) is 114 cm³/mol. The number of benzene rings is 1. The first-order valence-electron chi connectivity index (χ1n) is 9.40. The number of thiophene rings is 1. The second kappa shape index (κ2) is 8.21. The third-order valence-corrected chi connectivity index (χ3v) is 6.47. The van der Waals surface area contributed by atoms with Crippen LogP contribution < -0.4 is 11.1 Å². The molecule has 1 heterocycles. The molecule has 1 aliphatic rings. The van der Waals surface area contributed by atoms with Crippen LogP contribution in [0.15, 0.2) is 30.4 Å². The summed E-state index contributed by atoms with van der Waals surface area (Å²) in [6.45, 7) is 5.88. The third-order valence-electron chi connectivity index (χ3n) is 5.45. The number of allylic oxidation sites excluding steroid dienone is 2. The summed E-state index contributed by atoms with van der Waals surface area (Å²) in [5.41, 5.74) is 9.74. The van der Waals surface area contributed by atoms with E-state index in [1.807, 2.05) is 45.0 Å². The minimum absolute atomic E-state index is 0.266. The summed E-state index contributed by atoms with van der Waals surface area (Å²) in [6, 6.07) is 5.91. The minimum atomic E-state index is -0.997. The maximum atomic E-state index is 12.9. The van der Waals surface area contributed by atoms with Crippen molar-refractivity contribution in [3.63, 3.8) is 0 Å². The van der Waals surface area contributed by atoms with Gasteiger partial charge >= 0.3 is 5.97 Å². The number of nitrogens with one attached hydrogen (secondary N) is 1. The lowest BCUT2D eigenvalue weighted by Crippen LogP contribution is -2.35. The van der Waals surface area contributed by atoms with Crippen LogP contribution in [0.5, 0.6) is 0 Å². The van der Waals surface area contributed by atoms with Crippen molar-refractivity contribution in [2.45, 2.75) is 33.6 Å². The van der Waals surface area contributed by atoms with E-state index >= 15 is 0 Å². The molecule has 1 aliphatic carbocycles. The van der Waals surface area contributed by atoms with Gasteiger partial charge in [0.25, 0.3) is 5.91 Å². The molecule has 2 aromatic rings. The average Bonchev–Trinajstić information content (AvgIpc) is 2.99. The van der Waals surface area contributed by atoms with Gasteiger partial charge < -0.3 is 16.2 Å². The minimum Gasteiger partial charge on any atom is -0.481 e. The Balaban J connectivity index is 1.99. The van der Waals surface area contributed by atoms with Crippen LogP contribution in [-0.4, -0.2) is 22.9 Å². The summed E-state index contributed by atoms with van der Waals surface area (Å²) >= 11 is 1.28. The van der Waals surface area contributed by atoms with E-state index in [4.69, 9.17) is 5.73 Å². The van der Waals surface area contributed by atoms with Crippen molar-refractivity contribution in [2.24, 2.45) is 17.6 Å². The molecule has 2 atom stereocenters. The van der Waals surface area contributed by atoms with Crippen LogP contribution in [0.1, 0.15) is 39.2 Å². The highest BCUT2D eigenvalue weighted by Crippen LogP contribution is 2.41. The first kappa shape index (κ1) is 20.8. The van der Waals surface area contributed by atoms with Gasteiger partial charge in [0.15, 0.2) is 0 Å². The topological polar surface area (TPSA) is 109 Å². The van der Waals surface area contributed by atoms with E-state index in [9.17, 15) is 19.5 Å². The van der Waals surface area contributed by atoms with E-state index < -0.39 is 29.6 Å². The number of carbonyl (C=O) groups excluding carboxylic acids is 2. The van der Waals surface area contributed by atoms with Gasteiger partial charge in [0, 0.05) is 10.4 Å². The molecule has 0 bridgehead atoms. The van der Waals surface area contributed by atoms with Gasteiger partial charge in [-0.2, -0.15) is 0 Å². The Morgan fingerprint density at radius 3 is 2.31 bits per heavy atom. The van der Waals surface area contributed by atoms with Crippen molar-refractivity contribution < 1.29 is 19.5 Å². The second-order valence-electron chi connectivity index (χ2n) is 7.38. The summed E-state index contributed by atoms with van der Waals surface area (Å²) in [4.78, 5) is 37.5. The number of carboxylic acids is 1. The van der Waals surface area contributed by atoms with Crippen LogP contribution in [0.25, 0.3) is 11.1 Å². The molecule has 152 valence electrons. The van der Waals surface area contributed by atoms with E-state index in [0.29, 0.717) is 23.4 Å². The molecule has 0 radical (unpaired) electrons. The second-order valence-corrected chi connectivity index (χ2v) is 8.61. The number of rotatable bonds is 5. The number of carboxylic acid groups (broad SMARTS) is 1. The van der Waals surface area contributed by atoms with E-state index in [-0.39, 0.29) is 5.56 Å². The van der Waals surface area contributed by atoms with Gasteiger partial charge in [-0.3, -0.25) is 14.4 Å². The highest BCUT2D eigenvalue weighted by atomic mass is 32.1. The van der Waals surface area contributed by atoms with Gasteiger partial charge in [-0.05, 0) is 50.3 Å². The quantitative estimate of drug-likeness (QED) is 0.644. The Labute approximate surface area is 173 Å². The van der Waals surface area contributed by atoms with Crippen LogP contribution in [0.4, 0.5) is 5.00 Å². The molecule has 0 unspecified atom stereocenters. The number of carbonyl (C=O) groups is 3. The van der Waals surface area contributed by atoms with Crippen molar-refractivity contribution >= 4 is 34.1 Å². The van der Waals surface area contributed by atoms with Gasteiger partial charge in [-0.1, -0.05) is 30.4 Å². The number of amides is 2. The highest BCUT2D eigenvalue weighted by molar-refractivity contribution is 7.17. The molecule has 3 rings (SSSR count). The van der Waals surface area contributed by atoms with Crippen molar-refractivity contribution in [1.29, 1.82) is 0 Å². The zero-order valence-corrected chi connectivity index (χ0v) is 17.4. The van der Waals surface area contributed by atoms with Gasteiger partial charge in [-0.15, -0.1) is 11.3 Å². The molecular formula is C22H24N2O4S. The van der Waals surface area contributed by atoms with Crippen molar-refractivity contribution in [3.05, 3.63) is 51.9 Å².